The third kappa shape index (κ3) is 4.59. The number of ether oxygens (including phenoxy) is 3. The minimum atomic E-state index is -0.700. The van der Waals surface area contributed by atoms with Crippen LogP contribution in [0.15, 0.2) is 53.7 Å². The Morgan fingerprint density at radius 2 is 1.61 bits per heavy atom. The molecule has 0 saturated carbocycles. The molecule has 0 atom stereocenters. The summed E-state index contributed by atoms with van der Waals surface area (Å²) in [6, 6.07) is 12.5. The molecule has 162 valence electrons. The van der Waals surface area contributed by atoms with Crippen LogP contribution in [0.3, 0.4) is 0 Å². The summed E-state index contributed by atoms with van der Waals surface area (Å²) in [4.78, 5) is 39.0. The lowest BCUT2D eigenvalue weighted by Gasteiger charge is -2.31. The number of hydrogen-bond acceptors (Lipinski definition) is 7. The topological polar surface area (TPSA) is 94.2 Å². The number of nitrogens with one attached hydrogen (secondary N) is 1. The highest BCUT2D eigenvalue weighted by Crippen LogP contribution is 2.28. The van der Waals surface area contributed by atoms with E-state index in [1.165, 1.54) is 19.1 Å². The van der Waals surface area contributed by atoms with E-state index >= 15 is 0 Å². The molecule has 0 spiro atoms. The van der Waals surface area contributed by atoms with Gasteiger partial charge in [-0.3, -0.25) is 4.79 Å². The van der Waals surface area contributed by atoms with Gasteiger partial charge in [-0.1, -0.05) is 24.3 Å². The predicted octanol–water partition coefficient (Wildman–Crippen LogP) is 2.95. The first-order valence-corrected chi connectivity index (χ1v) is 9.60. The van der Waals surface area contributed by atoms with E-state index in [1.807, 2.05) is 32.0 Å². The zero-order valence-electron chi connectivity index (χ0n) is 17.9. The van der Waals surface area contributed by atoms with E-state index in [-0.39, 0.29) is 30.5 Å². The van der Waals surface area contributed by atoms with Gasteiger partial charge in [0, 0.05) is 16.9 Å². The number of carbonyl (C=O) groups excluding carboxylic acids is 3. The normalized spacial score (nSPS) is 13.6. The fourth-order valence-corrected chi connectivity index (χ4v) is 3.36. The SMILES string of the molecule is COC(=O)C1=C(C(=O)OC)N(c2cccc(C(=O)Nc3c(C)cccc3C)c2)COC1. The summed E-state index contributed by atoms with van der Waals surface area (Å²) in [5, 5.41) is 2.94. The monoisotopic (exact) mass is 424 g/mol. The molecule has 0 radical (unpaired) electrons. The highest BCUT2D eigenvalue weighted by Gasteiger charge is 2.32. The van der Waals surface area contributed by atoms with Crippen molar-refractivity contribution < 1.29 is 28.6 Å². The number of hydrogen-bond donors (Lipinski definition) is 1. The summed E-state index contributed by atoms with van der Waals surface area (Å²) >= 11 is 0. The molecule has 1 aliphatic rings. The largest absolute Gasteiger partial charge is 0.466 e. The highest BCUT2D eigenvalue weighted by molar-refractivity contribution is 6.06. The van der Waals surface area contributed by atoms with Gasteiger partial charge in [-0.2, -0.15) is 0 Å². The molecule has 2 aromatic carbocycles. The van der Waals surface area contributed by atoms with E-state index in [4.69, 9.17) is 14.2 Å². The molecular formula is C23H24N2O6. The number of benzene rings is 2. The highest BCUT2D eigenvalue weighted by atomic mass is 16.5. The maximum absolute atomic E-state index is 12.9. The molecule has 8 heteroatoms. The Kier molecular flexibility index (Phi) is 6.71. The van der Waals surface area contributed by atoms with E-state index < -0.39 is 11.9 Å². The van der Waals surface area contributed by atoms with Gasteiger partial charge in [-0.15, -0.1) is 0 Å². The molecule has 0 unspecified atom stereocenters. The summed E-state index contributed by atoms with van der Waals surface area (Å²) in [6.07, 6.45) is 0. The van der Waals surface area contributed by atoms with Crippen LogP contribution in [0.2, 0.25) is 0 Å². The first kappa shape index (κ1) is 22.0. The molecule has 0 saturated heterocycles. The number of para-hydroxylation sites is 1. The Morgan fingerprint density at radius 3 is 2.26 bits per heavy atom. The average molecular weight is 424 g/mol. The fourth-order valence-electron chi connectivity index (χ4n) is 3.36. The van der Waals surface area contributed by atoms with Gasteiger partial charge in [0.1, 0.15) is 12.4 Å². The Bertz CT molecular complexity index is 1040. The molecule has 1 aliphatic heterocycles. The van der Waals surface area contributed by atoms with Crippen molar-refractivity contribution in [2.24, 2.45) is 0 Å². The van der Waals surface area contributed by atoms with Crippen LogP contribution in [-0.2, 0) is 23.8 Å². The molecule has 31 heavy (non-hydrogen) atoms. The minimum Gasteiger partial charge on any atom is -0.466 e. The van der Waals surface area contributed by atoms with Gasteiger partial charge in [-0.25, -0.2) is 9.59 Å². The van der Waals surface area contributed by atoms with Crippen LogP contribution in [0.1, 0.15) is 21.5 Å². The number of rotatable bonds is 5. The molecule has 0 aromatic heterocycles. The van der Waals surface area contributed by atoms with Crippen molar-refractivity contribution in [3.05, 3.63) is 70.4 Å². The minimum absolute atomic E-state index is 0.00685. The molecule has 3 rings (SSSR count). The van der Waals surface area contributed by atoms with E-state index in [1.54, 1.807) is 24.3 Å². The van der Waals surface area contributed by atoms with Gasteiger partial charge in [0.2, 0.25) is 0 Å². The van der Waals surface area contributed by atoms with E-state index in [9.17, 15) is 14.4 Å². The van der Waals surface area contributed by atoms with Gasteiger partial charge in [0.05, 0.1) is 26.4 Å². The molecule has 2 aromatic rings. The maximum atomic E-state index is 12.9. The summed E-state index contributed by atoms with van der Waals surface area (Å²) in [5.41, 5.74) is 3.60. The lowest BCUT2D eigenvalue weighted by atomic mass is 10.1. The number of anilines is 2. The molecule has 0 fully saturated rings. The Labute approximate surface area is 180 Å². The number of esters is 2. The number of methoxy groups -OCH3 is 2. The zero-order chi connectivity index (χ0) is 22.5. The summed E-state index contributed by atoms with van der Waals surface area (Å²) in [7, 11) is 2.45. The quantitative estimate of drug-likeness (QED) is 0.738. The third-order valence-corrected chi connectivity index (χ3v) is 4.97. The molecule has 0 bridgehead atoms. The number of aryl methyl sites for hydroxylation is 2. The Morgan fingerprint density at radius 1 is 0.968 bits per heavy atom. The number of carbonyl (C=O) groups is 3. The summed E-state index contributed by atoms with van der Waals surface area (Å²) in [5.74, 6) is -1.68. The standard InChI is InChI=1S/C23H24N2O6/c1-14-7-5-8-15(2)19(14)24-21(26)16-9-6-10-17(11-16)25-13-31-12-18(22(27)29-3)20(25)23(28)30-4/h5-11H,12-13H2,1-4H3,(H,24,26). The third-order valence-electron chi connectivity index (χ3n) is 4.97. The van der Waals surface area contributed by atoms with Crippen molar-refractivity contribution in [2.75, 3.05) is 37.8 Å². The van der Waals surface area contributed by atoms with Crippen LogP contribution >= 0.6 is 0 Å². The Balaban J connectivity index is 1.97. The van der Waals surface area contributed by atoms with E-state index in [0.29, 0.717) is 11.3 Å². The lowest BCUT2D eigenvalue weighted by molar-refractivity contribution is -0.140. The van der Waals surface area contributed by atoms with Gasteiger partial charge < -0.3 is 24.4 Å². The maximum Gasteiger partial charge on any atom is 0.355 e. The molecular weight excluding hydrogens is 400 g/mol. The summed E-state index contributed by atoms with van der Waals surface area (Å²) in [6.45, 7) is 3.77. The van der Waals surface area contributed by atoms with Crippen LogP contribution < -0.4 is 10.2 Å². The van der Waals surface area contributed by atoms with Crippen LogP contribution in [0, 0.1) is 13.8 Å². The number of amides is 1. The van der Waals surface area contributed by atoms with Gasteiger partial charge in [-0.05, 0) is 43.2 Å². The van der Waals surface area contributed by atoms with Crippen LogP contribution in [0.25, 0.3) is 0 Å². The zero-order valence-corrected chi connectivity index (χ0v) is 17.9. The van der Waals surface area contributed by atoms with Crippen molar-refractivity contribution in [2.45, 2.75) is 13.8 Å². The number of nitrogens with zero attached hydrogens (tertiary/aromatic N) is 1. The van der Waals surface area contributed by atoms with Crippen LogP contribution in [0.5, 0.6) is 0 Å². The van der Waals surface area contributed by atoms with Gasteiger partial charge in [0.15, 0.2) is 0 Å². The Hall–Kier alpha value is -3.65. The molecule has 8 nitrogen and oxygen atoms in total. The molecule has 1 N–H and O–H groups in total. The first-order valence-electron chi connectivity index (χ1n) is 9.60. The van der Waals surface area contributed by atoms with Gasteiger partial charge >= 0.3 is 11.9 Å². The second kappa shape index (κ2) is 9.44. The molecule has 1 heterocycles. The van der Waals surface area contributed by atoms with Crippen molar-refractivity contribution in [3.63, 3.8) is 0 Å². The van der Waals surface area contributed by atoms with Crippen molar-refractivity contribution in [1.29, 1.82) is 0 Å². The van der Waals surface area contributed by atoms with Gasteiger partial charge in [0.25, 0.3) is 5.91 Å². The first-order chi connectivity index (χ1) is 14.9. The fraction of sp³-hybridized carbons (Fsp3) is 0.261. The lowest BCUT2D eigenvalue weighted by Crippen LogP contribution is -2.38. The van der Waals surface area contributed by atoms with Crippen molar-refractivity contribution >= 4 is 29.2 Å². The second-order valence-corrected chi connectivity index (χ2v) is 6.99. The molecule has 0 aliphatic carbocycles. The van der Waals surface area contributed by atoms with E-state index in [0.717, 1.165) is 16.8 Å². The van der Waals surface area contributed by atoms with Crippen LogP contribution in [-0.4, -0.2) is 45.4 Å². The molecule has 1 amide bonds. The smallest absolute Gasteiger partial charge is 0.355 e. The van der Waals surface area contributed by atoms with E-state index in [2.05, 4.69) is 5.32 Å². The second-order valence-electron chi connectivity index (χ2n) is 6.99. The average Bonchev–Trinajstić information content (AvgIpc) is 2.79. The summed E-state index contributed by atoms with van der Waals surface area (Å²) < 4.78 is 15.1. The van der Waals surface area contributed by atoms with Crippen LogP contribution in [0.4, 0.5) is 11.4 Å². The van der Waals surface area contributed by atoms with Crippen molar-refractivity contribution in [3.8, 4) is 0 Å². The predicted molar refractivity (Wildman–Crippen MR) is 115 cm³/mol. The van der Waals surface area contributed by atoms with Crippen molar-refractivity contribution in [1.82, 2.24) is 0 Å².